The van der Waals surface area contributed by atoms with E-state index in [-0.39, 0.29) is 22.8 Å². The van der Waals surface area contributed by atoms with Gasteiger partial charge in [-0.25, -0.2) is 8.78 Å². The number of phenols is 1. The molecule has 2 rings (SSSR count). The van der Waals surface area contributed by atoms with Crippen LogP contribution < -0.4 is 0 Å². The molecule has 0 bridgehead atoms. The van der Waals surface area contributed by atoms with Crippen LogP contribution in [-0.4, -0.2) is 14.9 Å². The molecule has 1 aromatic carbocycles. The minimum atomic E-state index is -0.996. The topological polar surface area (TPSA) is 38.1 Å². The summed E-state index contributed by atoms with van der Waals surface area (Å²) in [5.74, 6) is -2.47. The number of aryl methyl sites for hydroxylation is 1. The van der Waals surface area contributed by atoms with Crippen molar-refractivity contribution in [3.63, 3.8) is 0 Å². The number of benzene rings is 1. The second kappa shape index (κ2) is 4.40. The Morgan fingerprint density at radius 2 is 1.94 bits per heavy atom. The summed E-state index contributed by atoms with van der Waals surface area (Å²) < 4.78 is 29.4. The molecule has 0 saturated heterocycles. The molecule has 96 valence electrons. The Bertz CT molecular complexity index is 591. The molecule has 0 saturated carbocycles. The third-order valence-electron chi connectivity index (χ3n) is 2.82. The Hall–Kier alpha value is -1.91. The number of aromatic nitrogens is 2. The molecule has 0 aliphatic carbocycles. The largest absolute Gasteiger partial charge is 0.508 e. The first-order valence-electron chi connectivity index (χ1n) is 5.61. The Morgan fingerprint density at radius 1 is 1.28 bits per heavy atom. The van der Waals surface area contributed by atoms with Crippen LogP contribution in [0.4, 0.5) is 8.78 Å². The highest BCUT2D eigenvalue weighted by Gasteiger charge is 2.21. The highest BCUT2D eigenvalue weighted by molar-refractivity contribution is 5.66. The highest BCUT2D eigenvalue weighted by atomic mass is 19.2. The van der Waals surface area contributed by atoms with Gasteiger partial charge in [0.05, 0.1) is 6.20 Å². The van der Waals surface area contributed by atoms with Crippen molar-refractivity contribution in [1.29, 1.82) is 0 Å². The normalized spacial score (nSPS) is 11.2. The predicted molar refractivity (Wildman–Crippen MR) is 64.3 cm³/mol. The summed E-state index contributed by atoms with van der Waals surface area (Å²) in [6, 6.07) is 1.24. The number of hydrogen-bond acceptors (Lipinski definition) is 2. The smallest absolute Gasteiger partial charge is 0.167 e. The molecule has 1 N–H and O–H groups in total. The lowest BCUT2D eigenvalue weighted by atomic mass is 9.97. The van der Waals surface area contributed by atoms with Crippen molar-refractivity contribution < 1.29 is 13.9 Å². The highest BCUT2D eigenvalue weighted by Crippen LogP contribution is 2.35. The number of aromatic hydroxyl groups is 1. The number of hydrogen-bond donors (Lipinski definition) is 1. The average Bonchev–Trinajstić information content (AvgIpc) is 2.69. The zero-order valence-electron chi connectivity index (χ0n) is 10.4. The number of nitrogens with zero attached hydrogens (tertiary/aromatic N) is 2. The Balaban J connectivity index is 2.65. The molecule has 2 aromatic rings. The van der Waals surface area contributed by atoms with Gasteiger partial charge >= 0.3 is 0 Å². The minimum Gasteiger partial charge on any atom is -0.508 e. The zero-order valence-corrected chi connectivity index (χ0v) is 10.4. The molecule has 0 unspecified atom stereocenters. The van der Waals surface area contributed by atoms with Gasteiger partial charge in [0.2, 0.25) is 0 Å². The van der Waals surface area contributed by atoms with Crippen LogP contribution in [-0.2, 0) is 7.05 Å². The summed E-state index contributed by atoms with van der Waals surface area (Å²) in [6.07, 6.45) is 2.98. The van der Waals surface area contributed by atoms with Crippen LogP contribution in [0.5, 0.6) is 5.75 Å². The molecule has 0 radical (unpaired) electrons. The summed E-state index contributed by atoms with van der Waals surface area (Å²) in [6.45, 7) is 3.39. The lowest BCUT2D eigenvalue weighted by Gasteiger charge is -2.12. The minimum absolute atomic E-state index is 0.000130. The third kappa shape index (κ3) is 1.96. The molecule has 0 spiro atoms. The standard InChI is InChI=1S/C13H14F2N2O/c1-7(2)11-10(18)4-9(12(14)13(11)15)8-5-16-17(3)6-8/h4-7,18H,1-3H3. The first kappa shape index (κ1) is 12.5. The van der Waals surface area contributed by atoms with Crippen LogP contribution in [0, 0.1) is 11.6 Å². The van der Waals surface area contributed by atoms with Crippen LogP contribution in [0.15, 0.2) is 18.5 Å². The van der Waals surface area contributed by atoms with Gasteiger partial charge in [0.15, 0.2) is 11.6 Å². The molecule has 0 amide bonds. The van der Waals surface area contributed by atoms with E-state index in [1.165, 1.54) is 16.9 Å². The van der Waals surface area contributed by atoms with Crippen molar-refractivity contribution >= 4 is 0 Å². The summed E-state index contributed by atoms with van der Waals surface area (Å²) in [4.78, 5) is 0. The van der Waals surface area contributed by atoms with Crippen molar-refractivity contribution in [2.75, 3.05) is 0 Å². The maximum atomic E-state index is 14.0. The van der Waals surface area contributed by atoms with Gasteiger partial charge in [-0.1, -0.05) is 13.8 Å². The third-order valence-corrected chi connectivity index (χ3v) is 2.82. The van der Waals surface area contributed by atoms with E-state index in [9.17, 15) is 13.9 Å². The monoisotopic (exact) mass is 252 g/mol. The van der Waals surface area contributed by atoms with Gasteiger partial charge in [-0.05, 0) is 12.0 Å². The molecule has 1 heterocycles. The van der Waals surface area contributed by atoms with Crippen molar-refractivity contribution in [1.82, 2.24) is 9.78 Å². The van der Waals surface area contributed by atoms with E-state index in [0.717, 1.165) is 0 Å². The summed E-state index contributed by atoms with van der Waals surface area (Å²) in [5, 5.41) is 13.7. The number of halogens is 2. The van der Waals surface area contributed by atoms with Gasteiger partial charge in [-0.3, -0.25) is 4.68 Å². The zero-order chi connectivity index (χ0) is 13.4. The molecule has 0 fully saturated rings. The van der Waals surface area contributed by atoms with Crippen molar-refractivity contribution in [2.24, 2.45) is 7.05 Å². The van der Waals surface area contributed by atoms with E-state index in [1.807, 2.05) is 0 Å². The first-order chi connectivity index (χ1) is 8.41. The maximum absolute atomic E-state index is 14.0. The molecule has 1 aromatic heterocycles. The van der Waals surface area contributed by atoms with Crippen molar-refractivity contribution in [3.05, 3.63) is 35.7 Å². The molecular weight excluding hydrogens is 238 g/mol. The molecule has 0 aliphatic rings. The Morgan fingerprint density at radius 3 is 2.44 bits per heavy atom. The summed E-state index contributed by atoms with van der Waals surface area (Å²) >= 11 is 0. The molecular formula is C13H14F2N2O. The lowest BCUT2D eigenvalue weighted by Crippen LogP contribution is -1.99. The van der Waals surface area contributed by atoms with Crippen molar-refractivity contribution in [2.45, 2.75) is 19.8 Å². The van der Waals surface area contributed by atoms with Gasteiger partial charge in [0.1, 0.15) is 5.75 Å². The summed E-state index contributed by atoms with van der Waals surface area (Å²) in [5.41, 5.74) is 0.446. The Kier molecular flexibility index (Phi) is 3.07. The maximum Gasteiger partial charge on any atom is 0.167 e. The molecule has 3 nitrogen and oxygen atoms in total. The van der Waals surface area contributed by atoms with Crippen LogP contribution >= 0.6 is 0 Å². The predicted octanol–water partition coefficient (Wildman–Crippen LogP) is 3.19. The average molecular weight is 252 g/mol. The van der Waals surface area contributed by atoms with Crippen molar-refractivity contribution in [3.8, 4) is 16.9 Å². The van der Waals surface area contributed by atoms with E-state index >= 15 is 0 Å². The molecule has 18 heavy (non-hydrogen) atoms. The fraction of sp³-hybridized carbons (Fsp3) is 0.308. The summed E-state index contributed by atoms with van der Waals surface area (Å²) in [7, 11) is 1.68. The SMILES string of the molecule is CC(C)c1c(O)cc(-c2cnn(C)c2)c(F)c1F. The van der Waals surface area contributed by atoms with Gasteiger partial charge in [-0.2, -0.15) is 5.10 Å². The first-order valence-corrected chi connectivity index (χ1v) is 5.61. The molecule has 5 heteroatoms. The lowest BCUT2D eigenvalue weighted by molar-refractivity contribution is 0.437. The molecule has 0 atom stereocenters. The quantitative estimate of drug-likeness (QED) is 0.891. The van der Waals surface area contributed by atoms with Gasteiger partial charge in [0, 0.05) is 29.9 Å². The van der Waals surface area contributed by atoms with Gasteiger partial charge in [-0.15, -0.1) is 0 Å². The molecule has 0 aliphatic heterocycles. The Labute approximate surface area is 104 Å². The van der Waals surface area contributed by atoms with E-state index in [2.05, 4.69) is 5.10 Å². The second-order valence-electron chi connectivity index (χ2n) is 4.54. The van der Waals surface area contributed by atoms with Crippen LogP contribution in [0.2, 0.25) is 0 Å². The number of rotatable bonds is 2. The van der Waals surface area contributed by atoms with E-state index < -0.39 is 11.6 Å². The fourth-order valence-corrected chi connectivity index (χ4v) is 1.95. The second-order valence-corrected chi connectivity index (χ2v) is 4.54. The van der Waals surface area contributed by atoms with Gasteiger partial charge in [0.25, 0.3) is 0 Å². The van der Waals surface area contributed by atoms with Crippen LogP contribution in [0.25, 0.3) is 11.1 Å². The van der Waals surface area contributed by atoms with E-state index in [4.69, 9.17) is 0 Å². The van der Waals surface area contributed by atoms with Crippen LogP contribution in [0.3, 0.4) is 0 Å². The van der Waals surface area contributed by atoms with Gasteiger partial charge < -0.3 is 5.11 Å². The number of phenolic OH excluding ortho intramolecular Hbond substituents is 1. The van der Waals surface area contributed by atoms with E-state index in [1.54, 1.807) is 27.1 Å². The van der Waals surface area contributed by atoms with E-state index in [0.29, 0.717) is 5.56 Å². The fourth-order valence-electron chi connectivity index (χ4n) is 1.95. The van der Waals surface area contributed by atoms with Crippen LogP contribution in [0.1, 0.15) is 25.3 Å².